The Hall–Kier alpha value is -3.08. The van der Waals surface area contributed by atoms with E-state index in [0.717, 1.165) is 11.0 Å². The predicted molar refractivity (Wildman–Crippen MR) is 87.1 cm³/mol. The van der Waals surface area contributed by atoms with Gasteiger partial charge in [0, 0.05) is 16.5 Å². The van der Waals surface area contributed by atoms with Crippen LogP contribution in [-0.4, -0.2) is 11.8 Å². The molecule has 0 bridgehead atoms. The normalized spacial score (nSPS) is 12.0. The minimum Gasteiger partial charge on any atom is -0.459 e. The molecule has 23 heavy (non-hydrogen) atoms. The number of rotatable bonds is 4. The standard InChI is InChI=1S/C18H16N2O3/c1-11(16-10-14-4-2-3-5-15(14)23-16)20-18(22)13-8-6-12(7-9-13)17(19)21/h2-11H,1H3,(H2,19,21)(H,20,22). The van der Waals surface area contributed by atoms with Gasteiger partial charge in [-0.3, -0.25) is 9.59 Å². The van der Waals surface area contributed by atoms with Crippen LogP contribution in [0.15, 0.2) is 59.0 Å². The van der Waals surface area contributed by atoms with Gasteiger partial charge in [0.15, 0.2) is 0 Å². The number of benzene rings is 2. The predicted octanol–water partition coefficient (Wildman–Crippen LogP) is 3.02. The lowest BCUT2D eigenvalue weighted by Crippen LogP contribution is -2.26. The van der Waals surface area contributed by atoms with Gasteiger partial charge >= 0.3 is 0 Å². The van der Waals surface area contributed by atoms with Crippen molar-refractivity contribution in [3.05, 3.63) is 71.5 Å². The molecule has 0 saturated carbocycles. The van der Waals surface area contributed by atoms with E-state index in [1.807, 2.05) is 37.3 Å². The van der Waals surface area contributed by atoms with E-state index in [1.165, 1.54) is 12.1 Å². The lowest BCUT2D eigenvalue weighted by atomic mass is 10.1. The number of fused-ring (bicyclic) bond motifs is 1. The molecule has 1 aromatic heterocycles. The zero-order chi connectivity index (χ0) is 16.4. The Morgan fingerprint density at radius 2 is 1.70 bits per heavy atom. The van der Waals surface area contributed by atoms with Crippen molar-refractivity contribution in [2.75, 3.05) is 0 Å². The molecule has 1 atom stereocenters. The van der Waals surface area contributed by atoms with Gasteiger partial charge < -0.3 is 15.5 Å². The molecule has 1 heterocycles. The maximum Gasteiger partial charge on any atom is 0.251 e. The number of carbonyl (C=O) groups excluding carboxylic acids is 2. The van der Waals surface area contributed by atoms with Crippen LogP contribution in [0.5, 0.6) is 0 Å². The fourth-order valence-corrected chi connectivity index (χ4v) is 2.35. The summed E-state index contributed by atoms with van der Waals surface area (Å²) in [6, 6.07) is 15.5. The van der Waals surface area contributed by atoms with Crippen LogP contribution in [0.2, 0.25) is 0 Å². The van der Waals surface area contributed by atoms with Gasteiger partial charge in [0.05, 0.1) is 6.04 Å². The summed E-state index contributed by atoms with van der Waals surface area (Å²) in [6.07, 6.45) is 0. The maximum atomic E-state index is 12.3. The Labute approximate surface area is 133 Å². The summed E-state index contributed by atoms with van der Waals surface area (Å²) in [5, 5.41) is 3.87. The number of nitrogens with two attached hydrogens (primary N) is 1. The molecule has 0 radical (unpaired) electrons. The fourth-order valence-electron chi connectivity index (χ4n) is 2.35. The quantitative estimate of drug-likeness (QED) is 0.777. The van der Waals surface area contributed by atoms with Crippen molar-refractivity contribution in [3.8, 4) is 0 Å². The second kappa shape index (κ2) is 5.96. The van der Waals surface area contributed by atoms with Crippen LogP contribution in [0.4, 0.5) is 0 Å². The summed E-state index contributed by atoms with van der Waals surface area (Å²) in [4.78, 5) is 23.3. The fraction of sp³-hybridized carbons (Fsp3) is 0.111. The summed E-state index contributed by atoms with van der Waals surface area (Å²) in [6.45, 7) is 1.85. The first kappa shape index (κ1) is 14.8. The van der Waals surface area contributed by atoms with E-state index < -0.39 is 5.91 Å². The van der Waals surface area contributed by atoms with Crippen molar-refractivity contribution in [2.24, 2.45) is 5.73 Å². The van der Waals surface area contributed by atoms with Crippen LogP contribution in [0, 0.1) is 0 Å². The van der Waals surface area contributed by atoms with Gasteiger partial charge in [0.1, 0.15) is 11.3 Å². The summed E-state index contributed by atoms with van der Waals surface area (Å²) < 4.78 is 5.74. The van der Waals surface area contributed by atoms with Crippen molar-refractivity contribution in [1.82, 2.24) is 5.32 Å². The third kappa shape index (κ3) is 3.08. The van der Waals surface area contributed by atoms with E-state index in [9.17, 15) is 9.59 Å². The first-order valence-corrected chi connectivity index (χ1v) is 7.24. The summed E-state index contributed by atoms with van der Waals surface area (Å²) in [5.74, 6) is -0.0742. The molecular weight excluding hydrogens is 292 g/mol. The molecule has 5 nitrogen and oxygen atoms in total. The van der Waals surface area contributed by atoms with Gasteiger partial charge in [0.25, 0.3) is 5.91 Å². The monoisotopic (exact) mass is 308 g/mol. The molecule has 3 N–H and O–H groups in total. The Morgan fingerprint density at radius 1 is 1.04 bits per heavy atom. The number of hydrogen-bond acceptors (Lipinski definition) is 3. The molecule has 1 unspecified atom stereocenters. The Bertz CT molecular complexity index is 832. The second-order valence-electron chi connectivity index (χ2n) is 5.32. The largest absolute Gasteiger partial charge is 0.459 e. The molecule has 0 aliphatic rings. The van der Waals surface area contributed by atoms with E-state index in [0.29, 0.717) is 16.9 Å². The van der Waals surface area contributed by atoms with E-state index in [1.54, 1.807) is 12.1 Å². The van der Waals surface area contributed by atoms with Gasteiger partial charge in [-0.1, -0.05) is 18.2 Å². The third-order valence-corrected chi connectivity index (χ3v) is 3.65. The molecule has 0 aliphatic heterocycles. The van der Waals surface area contributed by atoms with Gasteiger partial charge in [0.2, 0.25) is 5.91 Å². The number of primary amides is 1. The number of furan rings is 1. The van der Waals surface area contributed by atoms with Gasteiger partial charge in [-0.05, 0) is 43.3 Å². The van der Waals surface area contributed by atoms with Crippen LogP contribution in [0.25, 0.3) is 11.0 Å². The maximum absolute atomic E-state index is 12.3. The molecule has 2 amide bonds. The van der Waals surface area contributed by atoms with E-state index in [-0.39, 0.29) is 11.9 Å². The molecule has 0 spiro atoms. The summed E-state index contributed by atoms with van der Waals surface area (Å²) >= 11 is 0. The van der Waals surface area contributed by atoms with Crippen molar-refractivity contribution in [1.29, 1.82) is 0 Å². The zero-order valence-corrected chi connectivity index (χ0v) is 12.6. The Balaban J connectivity index is 1.74. The number of nitrogens with one attached hydrogen (secondary N) is 1. The highest BCUT2D eigenvalue weighted by Gasteiger charge is 2.15. The first-order chi connectivity index (χ1) is 11.0. The molecule has 0 saturated heterocycles. The van der Waals surface area contributed by atoms with Crippen LogP contribution < -0.4 is 11.1 Å². The summed E-state index contributed by atoms with van der Waals surface area (Å²) in [5.41, 5.74) is 6.79. The van der Waals surface area contributed by atoms with Crippen LogP contribution in [0.3, 0.4) is 0 Å². The number of amides is 2. The SMILES string of the molecule is CC(NC(=O)c1ccc(C(N)=O)cc1)c1cc2ccccc2o1. The number of para-hydroxylation sites is 1. The minimum atomic E-state index is -0.521. The number of hydrogen-bond donors (Lipinski definition) is 2. The van der Waals surface area contributed by atoms with Crippen molar-refractivity contribution >= 4 is 22.8 Å². The molecule has 0 aliphatic carbocycles. The van der Waals surface area contributed by atoms with E-state index in [2.05, 4.69) is 5.32 Å². The highest BCUT2D eigenvalue weighted by atomic mass is 16.3. The molecule has 5 heteroatoms. The van der Waals surface area contributed by atoms with Gasteiger partial charge in [-0.25, -0.2) is 0 Å². The van der Waals surface area contributed by atoms with Crippen LogP contribution in [-0.2, 0) is 0 Å². The first-order valence-electron chi connectivity index (χ1n) is 7.24. The van der Waals surface area contributed by atoms with Gasteiger partial charge in [-0.15, -0.1) is 0 Å². The smallest absolute Gasteiger partial charge is 0.251 e. The second-order valence-corrected chi connectivity index (χ2v) is 5.32. The van der Waals surface area contributed by atoms with Crippen LogP contribution in [0.1, 0.15) is 39.4 Å². The third-order valence-electron chi connectivity index (χ3n) is 3.65. The van der Waals surface area contributed by atoms with Crippen molar-refractivity contribution in [3.63, 3.8) is 0 Å². The Morgan fingerprint density at radius 3 is 2.35 bits per heavy atom. The van der Waals surface area contributed by atoms with E-state index in [4.69, 9.17) is 10.2 Å². The average Bonchev–Trinajstić information content (AvgIpc) is 2.99. The number of carbonyl (C=O) groups is 2. The van der Waals surface area contributed by atoms with Gasteiger partial charge in [-0.2, -0.15) is 0 Å². The molecule has 116 valence electrons. The lowest BCUT2D eigenvalue weighted by Gasteiger charge is -2.11. The zero-order valence-electron chi connectivity index (χ0n) is 12.6. The molecule has 2 aromatic carbocycles. The highest BCUT2D eigenvalue weighted by Crippen LogP contribution is 2.23. The van der Waals surface area contributed by atoms with Crippen LogP contribution >= 0.6 is 0 Å². The average molecular weight is 308 g/mol. The molecule has 0 fully saturated rings. The topological polar surface area (TPSA) is 85.3 Å². The van der Waals surface area contributed by atoms with Crippen molar-refractivity contribution < 1.29 is 14.0 Å². The molecular formula is C18H16N2O3. The Kier molecular flexibility index (Phi) is 3.85. The van der Waals surface area contributed by atoms with E-state index >= 15 is 0 Å². The molecule has 3 rings (SSSR count). The van der Waals surface area contributed by atoms with Crippen molar-refractivity contribution in [2.45, 2.75) is 13.0 Å². The summed E-state index contributed by atoms with van der Waals surface area (Å²) in [7, 11) is 0. The molecule has 3 aromatic rings. The lowest BCUT2D eigenvalue weighted by molar-refractivity contribution is 0.0933. The minimum absolute atomic E-state index is 0.242. The highest BCUT2D eigenvalue weighted by molar-refractivity contribution is 5.97.